The highest BCUT2D eigenvalue weighted by atomic mass is 16.6. The number of hydrogen-bond donors (Lipinski definition) is 4. The molecule has 1 aromatic carbocycles. The minimum atomic E-state index is -1.07. The van der Waals surface area contributed by atoms with Crippen LogP contribution in [0.4, 0.5) is 5.82 Å². The molecule has 1 saturated carbocycles. The molecule has 4 atom stereocenters. The van der Waals surface area contributed by atoms with Gasteiger partial charge < -0.3 is 30.2 Å². The molecule has 0 radical (unpaired) electrons. The first-order valence-electron chi connectivity index (χ1n) is 14.8. The first-order chi connectivity index (χ1) is 19.5. The van der Waals surface area contributed by atoms with Crippen LogP contribution in [0.3, 0.4) is 0 Å². The Morgan fingerprint density at radius 3 is 2.66 bits per heavy atom. The fourth-order valence-corrected chi connectivity index (χ4v) is 6.49. The molecule has 0 spiro atoms. The Kier molecular flexibility index (Phi) is 7.30. The lowest BCUT2D eigenvalue weighted by atomic mass is 9.76. The summed E-state index contributed by atoms with van der Waals surface area (Å²) in [6.45, 7) is 11.6. The summed E-state index contributed by atoms with van der Waals surface area (Å²) in [4.78, 5) is 19.2. The van der Waals surface area contributed by atoms with Crippen molar-refractivity contribution in [3.05, 3.63) is 48.2 Å². The van der Waals surface area contributed by atoms with E-state index in [1.54, 1.807) is 10.8 Å². The van der Waals surface area contributed by atoms with Crippen molar-refractivity contribution in [1.82, 2.24) is 29.4 Å². The third kappa shape index (κ3) is 5.34. The average molecular weight is 562 g/mol. The van der Waals surface area contributed by atoms with Crippen LogP contribution in [0.2, 0.25) is 0 Å². The molecule has 220 valence electrons. The predicted octanol–water partition coefficient (Wildman–Crippen LogP) is 3.93. The molecule has 0 bridgehead atoms. The SMILES string of the molecule is CC(C)N(C[C@H]1O[C@@H](n2ccc3c(N)ncnc32)[C@H](O)[C@@H]1O)C1CC(CCc2nc3ccc(C(C)(C)C)cc3[nH]2)C1. The van der Waals surface area contributed by atoms with Gasteiger partial charge in [-0.2, -0.15) is 0 Å². The number of imidazole rings is 1. The van der Waals surface area contributed by atoms with Gasteiger partial charge in [0.1, 0.15) is 41.9 Å². The lowest BCUT2D eigenvalue weighted by Crippen LogP contribution is -2.52. The van der Waals surface area contributed by atoms with Gasteiger partial charge >= 0.3 is 0 Å². The zero-order chi connectivity index (χ0) is 29.1. The Hall–Kier alpha value is -3.05. The molecule has 10 nitrogen and oxygen atoms in total. The summed E-state index contributed by atoms with van der Waals surface area (Å²) in [6.07, 6.45) is 4.11. The molecule has 10 heteroatoms. The smallest absolute Gasteiger partial charge is 0.164 e. The highest BCUT2D eigenvalue weighted by Crippen LogP contribution is 2.38. The van der Waals surface area contributed by atoms with E-state index in [1.807, 2.05) is 6.07 Å². The molecule has 1 saturated heterocycles. The molecule has 2 fully saturated rings. The van der Waals surface area contributed by atoms with E-state index < -0.39 is 24.5 Å². The van der Waals surface area contributed by atoms with Crippen molar-refractivity contribution in [2.75, 3.05) is 12.3 Å². The van der Waals surface area contributed by atoms with Crippen molar-refractivity contribution >= 4 is 27.9 Å². The number of fused-ring (bicyclic) bond motifs is 2. The highest BCUT2D eigenvalue weighted by Gasteiger charge is 2.46. The maximum absolute atomic E-state index is 11.0. The number of nitrogens with zero attached hydrogens (tertiary/aromatic N) is 5. The van der Waals surface area contributed by atoms with E-state index in [9.17, 15) is 10.2 Å². The number of rotatable bonds is 8. The zero-order valence-corrected chi connectivity index (χ0v) is 24.7. The van der Waals surface area contributed by atoms with E-state index in [2.05, 4.69) is 72.7 Å². The molecule has 5 N–H and O–H groups in total. The van der Waals surface area contributed by atoms with Crippen molar-refractivity contribution in [3.8, 4) is 0 Å². The Morgan fingerprint density at radius 1 is 1.15 bits per heavy atom. The monoisotopic (exact) mass is 561 g/mol. The van der Waals surface area contributed by atoms with Crippen LogP contribution in [0.5, 0.6) is 0 Å². The van der Waals surface area contributed by atoms with Crippen LogP contribution in [0.15, 0.2) is 36.8 Å². The van der Waals surface area contributed by atoms with E-state index >= 15 is 0 Å². The second-order valence-electron chi connectivity index (χ2n) is 13.3. The van der Waals surface area contributed by atoms with Crippen molar-refractivity contribution in [3.63, 3.8) is 0 Å². The van der Waals surface area contributed by atoms with Gasteiger partial charge in [-0.15, -0.1) is 0 Å². The Bertz CT molecular complexity index is 1520. The molecule has 3 aromatic heterocycles. The molecule has 2 aliphatic rings. The third-order valence-corrected chi connectivity index (χ3v) is 9.07. The first kappa shape index (κ1) is 28.1. The second kappa shape index (κ2) is 10.7. The number of aromatic amines is 1. The highest BCUT2D eigenvalue weighted by molar-refractivity contribution is 5.86. The van der Waals surface area contributed by atoms with Crippen LogP contribution < -0.4 is 5.73 Å². The number of aromatic nitrogens is 5. The van der Waals surface area contributed by atoms with E-state index in [0.717, 1.165) is 42.5 Å². The van der Waals surface area contributed by atoms with Crippen molar-refractivity contribution in [2.24, 2.45) is 5.92 Å². The third-order valence-electron chi connectivity index (χ3n) is 9.07. The number of benzene rings is 1. The topological polar surface area (TPSA) is 138 Å². The van der Waals surface area contributed by atoms with E-state index in [0.29, 0.717) is 41.4 Å². The number of nitrogen functional groups attached to an aromatic ring is 1. The van der Waals surface area contributed by atoms with Gasteiger partial charge in [-0.3, -0.25) is 4.90 Å². The van der Waals surface area contributed by atoms with Crippen LogP contribution in [0.1, 0.15) is 71.5 Å². The van der Waals surface area contributed by atoms with Crippen LogP contribution >= 0.6 is 0 Å². The average Bonchev–Trinajstić information content (AvgIpc) is 3.58. The quantitative estimate of drug-likeness (QED) is 0.254. The van der Waals surface area contributed by atoms with Crippen LogP contribution in [-0.2, 0) is 16.6 Å². The zero-order valence-electron chi connectivity index (χ0n) is 24.7. The van der Waals surface area contributed by atoms with E-state index in [4.69, 9.17) is 15.5 Å². The number of aliphatic hydroxyl groups excluding tert-OH is 2. The maximum Gasteiger partial charge on any atom is 0.164 e. The summed E-state index contributed by atoms with van der Waals surface area (Å²) in [6, 6.07) is 9.07. The molecule has 1 aliphatic carbocycles. The summed E-state index contributed by atoms with van der Waals surface area (Å²) < 4.78 is 8.01. The van der Waals surface area contributed by atoms with Crippen LogP contribution in [-0.4, -0.2) is 76.6 Å². The van der Waals surface area contributed by atoms with Gasteiger partial charge in [-0.05, 0) is 68.2 Å². The predicted molar refractivity (Wildman–Crippen MR) is 159 cm³/mol. The lowest BCUT2D eigenvalue weighted by Gasteiger charge is -2.46. The number of hydrogen-bond acceptors (Lipinski definition) is 8. The summed E-state index contributed by atoms with van der Waals surface area (Å²) >= 11 is 0. The first-order valence-corrected chi connectivity index (χ1v) is 14.8. The van der Waals surface area contributed by atoms with Gasteiger partial charge in [0.25, 0.3) is 0 Å². The molecule has 4 heterocycles. The standard InChI is InChI=1S/C31H43N7O3/c1-17(2)38(15-24-26(39)27(40)30(41-24)37-11-10-21-28(32)33-16-34-29(21)37)20-12-18(13-20)6-9-25-35-22-8-7-19(31(3,4)5)14-23(22)36-25/h7-8,10-11,14,16-18,20,24,26-27,30,39-40H,6,9,12-13,15H2,1-5H3,(H,35,36)(H2,32,33,34)/t18?,20?,24-,26-,27-,30-/m1/s1. The van der Waals surface area contributed by atoms with Crippen LogP contribution in [0, 0.1) is 5.92 Å². The van der Waals surface area contributed by atoms with E-state index in [-0.39, 0.29) is 5.41 Å². The van der Waals surface area contributed by atoms with Gasteiger partial charge in [-0.25, -0.2) is 15.0 Å². The Morgan fingerprint density at radius 2 is 1.93 bits per heavy atom. The van der Waals surface area contributed by atoms with Gasteiger partial charge in [0.05, 0.1) is 16.4 Å². The summed E-state index contributed by atoms with van der Waals surface area (Å²) in [7, 11) is 0. The normalized spacial score (nSPS) is 27.0. The molecule has 1 aliphatic heterocycles. The molecular formula is C31H43N7O3. The number of aryl methyl sites for hydroxylation is 1. The van der Waals surface area contributed by atoms with Gasteiger partial charge in [0, 0.05) is 31.2 Å². The number of anilines is 1. The van der Waals surface area contributed by atoms with Crippen molar-refractivity contribution < 1.29 is 14.9 Å². The fraction of sp³-hybridized carbons (Fsp3) is 0.581. The number of ether oxygens (including phenoxy) is 1. The summed E-state index contributed by atoms with van der Waals surface area (Å²) in [5.74, 6) is 2.07. The van der Waals surface area contributed by atoms with Gasteiger partial charge in [-0.1, -0.05) is 26.8 Å². The number of nitrogens with two attached hydrogens (primary N) is 1. The second-order valence-corrected chi connectivity index (χ2v) is 13.3. The fourth-order valence-electron chi connectivity index (χ4n) is 6.49. The number of nitrogens with one attached hydrogen (secondary N) is 1. The lowest BCUT2D eigenvalue weighted by molar-refractivity contribution is -0.0618. The minimum Gasteiger partial charge on any atom is -0.387 e. The number of H-pyrrole nitrogens is 1. The maximum atomic E-state index is 11.0. The molecular weight excluding hydrogens is 518 g/mol. The summed E-state index contributed by atoms with van der Waals surface area (Å²) in [5, 5.41) is 22.6. The molecule has 6 rings (SSSR count). The Balaban J connectivity index is 1.06. The van der Waals surface area contributed by atoms with Crippen molar-refractivity contribution in [2.45, 2.75) is 102 Å². The van der Waals surface area contributed by atoms with Gasteiger partial charge in [0.15, 0.2) is 6.23 Å². The molecule has 0 amide bonds. The summed E-state index contributed by atoms with van der Waals surface area (Å²) in [5.41, 5.74) is 10.1. The number of aliphatic hydroxyl groups is 2. The largest absolute Gasteiger partial charge is 0.387 e. The minimum absolute atomic E-state index is 0.113. The van der Waals surface area contributed by atoms with E-state index in [1.165, 1.54) is 11.9 Å². The molecule has 0 unspecified atom stereocenters. The van der Waals surface area contributed by atoms with Crippen LogP contribution in [0.25, 0.3) is 22.1 Å². The molecule has 4 aromatic rings. The van der Waals surface area contributed by atoms with Crippen molar-refractivity contribution in [1.29, 1.82) is 0 Å². The Labute approximate surface area is 240 Å². The molecule has 41 heavy (non-hydrogen) atoms. The van der Waals surface area contributed by atoms with Gasteiger partial charge in [0.2, 0.25) is 0 Å².